The number of rotatable bonds is 1. The number of likely N-dealkylation sites (tertiary alicyclic amines) is 1. The fourth-order valence-electron chi connectivity index (χ4n) is 2.01. The fraction of sp³-hybridized carbons (Fsp3) is 0.417. The smallest absolute Gasteiger partial charge is 0.254 e. The van der Waals surface area contributed by atoms with E-state index in [1.165, 1.54) is 0 Å². The standard InChI is InChI=1S/C12H15ClN2O/c1-8-6-9(13)2-3-11(8)12(16)15-5-4-10(14)7-15/h2-3,6,10H,4-5,7,14H2,1H3. The lowest BCUT2D eigenvalue weighted by Crippen LogP contribution is -2.32. The molecule has 1 amide bonds. The number of nitrogens with two attached hydrogens (primary N) is 1. The van der Waals surface area contributed by atoms with E-state index in [9.17, 15) is 4.79 Å². The van der Waals surface area contributed by atoms with Crippen LogP contribution in [-0.2, 0) is 0 Å². The monoisotopic (exact) mass is 238 g/mol. The van der Waals surface area contributed by atoms with Crippen molar-refractivity contribution in [2.45, 2.75) is 19.4 Å². The molecule has 4 heteroatoms. The van der Waals surface area contributed by atoms with Crippen LogP contribution >= 0.6 is 11.6 Å². The summed E-state index contributed by atoms with van der Waals surface area (Å²) in [6, 6.07) is 5.46. The van der Waals surface area contributed by atoms with E-state index in [0.29, 0.717) is 11.6 Å². The SMILES string of the molecule is Cc1cc(Cl)ccc1C(=O)N1CCC(N)C1. The Morgan fingerprint density at radius 3 is 2.88 bits per heavy atom. The molecule has 1 atom stereocenters. The average Bonchev–Trinajstić information content (AvgIpc) is 2.64. The summed E-state index contributed by atoms with van der Waals surface area (Å²) in [5, 5.41) is 0.659. The fourth-order valence-corrected chi connectivity index (χ4v) is 2.24. The molecule has 1 heterocycles. The van der Waals surface area contributed by atoms with Gasteiger partial charge in [0.15, 0.2) is 0 Å². The Labute approximate surface area is 100 Å². The Kier molecular flexibility index (Phi) is 3.17. The molecule has 16 heavy (non-hydrogen) atoms. The molecule has 0 bridgehead atoms. The predicted octanol–water partition coefficient (Wildman–Crippen LogP) is 1.82. The third-order valence-corrected chi connectivity index (χ3v) is 3.17. The molecule has 3 nitrogen and oxygen atoms in total. The van der Waals surface area contributed by atoms with E-state index < -0.39 is 0 Å². The lowest BCUT2D eigenvalue weighted by Gasteiger charge is -2.17. The molecule has 2 N–H and O–H groups in total. The van der Waals surface area contributed by atoms with E-state index >= 15 is 0 Å². The number of carbonyl (C=O) groups excluding carboxylic acids is 1. The molecule has 1 aliphatic heterocycles. The molecule has 0 saturated carbocycles. The molecule has 2 rings (SSSR count). The number of hydrogen-bond donors (Lipinski definition) is 1. The first-order valence-electron chi connectivity index (χ1n) is 5.39. The van der Waals surface area contributed by atoms with Crippen LogP contribution in [0.25, 0.3) is 0 Å². The molecule has 1 fully saturated rings. The summed E-state index contributed by atoms with van der Waals surface area (Å²) in [5.41, 5.74) is 7.42. The van der Waals surface area contributed by atoms with Gasteiger partial charge in [0.25, 0.3) is 5.91 Å². The normalized spacial score (nSPS) is 20.2. The minimum Gasteiger partial charge on any atom is -0.337 e. The highest BCUT2D eigenvalue weighted by Crippen LogP contribution is 2.19. The molecular weight excluding hydrogens is 224 g/mol. The lowest BCUT2D eigenvalue weighted by molar-refractivity contribution is 0.0790. The van der Waals surface area contributed by atoms with Gasteiger partial charge < -0.3 is 10.6 Å². The van der Waals surface area contributed by atoms with Crippen molar-refractivity contribution in [2.24, 2.45) is 5.73 Å². The van der Waals surface area contributed by atoms with Crippen molar-refractivity contribution in [3.63, 3.8) is 0 Å². The maximum Gasteiger partial charge on any atom is 0.254 e. The molecule has 0 spiro atoms. The molecule has 1 unspecified atom stereocenters. The van der Waals surface area contributed by atoms with Crippen LogP contribution in [0.5, 0.6) is 0 Å². The Morgan fingerprint density at radius 1 is 1.56 bits per heavy atom. The second-order valence-corrected chi connectivity index (χ2v) is 4.70. The van der Waals surface area contributed by atoms with Crippen molar-refractivity contribution in [1.29, 1.82) is 0 Å². The predicted molar refractivity (Wildman–Crippen MR) is 64.7 cm³/mol. The van der Waals surface area contributed by atoms with Gasteiger partial charge in [-0.15, -0.1) is 0 Å². The van der Waals surface area contributed by atoms with Gasteiger partial charge in [0.2, 0.25) is 0 Å². The Balaban J connectivity index is 2.21. The number of amides is 1. The minimum atomic E-state index is 0.0575. The molecule has 86 valence electrons. The van der Waals surface area contributed by atoms with Gasteiger partial charge in [-0.25, -0.2) is 0 Å². The van der Waals surface area contributed by atoms with Crippen molar-refractivity contribution in [1.82, 2.24) is 4.90 Å². The van der Waals surface area contributed by atoms with Gasteiger partial charge in [-0.05, 0) is 37.1 Å². The van der Waals surface area contributed by atoms with Crippen LogP contribution in [0.2, 0.25) is 5.02 Å². The largest absolute Gasteiger partial charge is 0.337 e. The van der Waals surface area contributed by atoms with Gasteiger partial charge in [0.05, 0.1) is 0 Å². The molecule has 0 aliphatic carbocycles. The van der Waals surface area contributed by atoms with Crippen molar-refractivity contribution < 1.29 is 4.79 Å². The Morgan fingerprint density at radius 2 is 2.31 bits per heavy atom. The van der Waals surface area contributed by atoms with E-state index in [1.807, 2.05) is 13.0 Å². The first kappa shape index (κ1) is 11.4. The summed E-state index contributed by atoms with van der Waals surface area (Å²) in [5.74, 6) is 0.0575. The van der Waals surface area contributed by atoms with E-state index in [2.05, 4.69) is 0 Å². The van der Waals surface area contributed by atoms with Gasteiger partial charge in [-0.2, -0.15) is 0 Å². The summed E-state index contributed by atoms with van der Waals surface area (Å²) in [7, 11) is 0. The summed E-state index contributed by atoms with van der Waals surface area (Å²) in [4.78, 5) is 14.0. The topological polar surface area (TPSA) is 46.3 Å². The molecule has 1 aromatic carbocycles. The van der Waals surface area contributed by atoms with Crippen LogP contribution < -0.4 is 5.73 Å². The highest BCUT2D eigenvalue weighted by molar-refractivity contribution is 6.30. The molecule has 1 saturated heterocycles. The third kappa shape index (κ3) is 2.20. The number of aryl methyl sites for hydroxylation is 1. The van der Waals surface area contributed by atoms with E-state index in [-0.39, 0.29) is 11.9 Å². The van der Waals surface area contributed by atoms with Gasteiger partial charge in [0, 0.05) is 29.7 Å². The van der Waals surface area contributed by atoms with Crippen LogP contribution in [-0.4, -0.2) is 29.9 Å². The summed E-state index contributed by atoms with van der Waals surface area (Å²) in [6.07, 6.45) is 0.887. The summed E-state index contributed by atoms with van der Waals surface area (Å²) < 4.78 is 0. The number of carbonyl (C=O) groups is 1. The summed E-state index contributed by atoms with van der Waals surface area (Å²) >= 11 is 5.86. The highest BCUT2D eigenvalue weighted by atomic mass is 35.5. The van der Waals surface area contributed by atoms with Gasteiger partial charge in [0.1, 0.15) is 0 Å². The first-order valence-corrected chi connectivity index (χ1v) is 5.76. The molecule has 0 radical (unpaired) electrons. The quantitative estimate of drug-likeness (QED) is 0.811. The van der Waals surface area contributed by atoms with E-state index in [4.69, 9.17) is 17.3 Å². The van der Waals surface area contributed by atoms with Gasteiger partial charge in [-0.3, -0.25) is 4.79 Å². The lowest BCUT2D eigenvalue weighted by atomic mass is 10.1. The number of nitrogens with zero attached hydrogens (tertiary/aromatic N) is 1. The Hall–Kier alpha value is -1.06. The molecular formula is C12H15ClN2O. The van der Waals surface area contributed by atoms with E-state index in [1.54, 1.807) is 17.0 Å². The second kappa shape index (κ2) is 4.44. The number of halogens is 1. The maximum atomic E-state index is 12.2. The minimum absolute atomic E-state index is 0.0575. The zero-order valence-corrected chi connectivity index (χ0v) is 10.00. The molecule has 0 aromatic heterocycles. The van der Waals surface area contributed by atoms with Crippen LogP contribution in [0.4, 0.5) is 0 Å². The maximum absolute atomic E-state index is 12.2. The number of hydrogen-bond acceptors (Lipinski definition) is 2. The van der Waals surface area contributed by atoms with Crippen LogP contribution in [0, 0.1) is 6.92 Å². The van der Waals surface area contributed by atoms with Crippen molar-refractivity contribution in [3.05, 3.63) is 34.3 Å². The zero-order valence-electron chi connectivity index (χ0n) is 9.24. The molecule has 1 aliphatic rings. The van der Waals surface area contributed by atoms with E-state index in [0.717, 1.165) is 24.1 Å². The average molecular weight is 239 g/mol. The molecule has 1 aromatic rings. The van der Waals surface area contributed by atoms with Crippen molar-refractivity contribution in [2.75, 3.05) is 13.1 Å². The van der Waals surface area contributed by atoms with Crippen molar-refractivity contribution in [3.8, 4) is 0 Å². The summed E-state index contributed by atoms with van der Waals surface area (Å²) in [6.45, 7) is 3.30. The number of benzene rings is 1. The van der Waals surface area contributed by atoms with Gasteiger partial charge >= 0.3 is 0 Å². The highest BCUT2D eigenvalue weighted by Gasteiger charge is 2.25. The van der Waals surface area contributed by atoms with Crippen LogP contribution in [0.1, 0.15) is 22.3 Å². The first-order chi connectivity index (χ1) is 7.58. The Bertz CT molecular complexity index is 419. The third-order valence-electron chi connectivity index (χ3n) is 2.93. The van der Waals surface area contributed by atoms with Crippen LogP contribution in [0.15, 0.2) is 18.2 Å². The zero-order chi connectivity index (χ0) is 11.7. The second-order valence-electron chi connectivity index (χ2n) is 4.26. The van der Waals surface area contributed by atoms with Gasteiger partial charge in [-0.1, -0.05) is 11.6 Å². The van der Waals surface area contributed by atoms with Crippen LogP contribution in [0.3, 0.4) is 0 Å². The van der Waals surface area contributed by atoms with Crippen molar-refractivity contribution >= 4 is 17.5 Å².